The lowest BCUT2D eigenvalue weighted by Crippen LogP contribution is -2.31. The zero-order chi connectivity index (χ0) is 14.5. The predicted molar refractivity (Wildman–Crippen MR) is 75.4 cm³/mol. The first-order valence-electron chi connectivity index (χ1n) is 6.55. The van der Waals surface area contributed by atoms with Gasteiger partial charge in [0.25, 0.3) is 5.91 Å². The van der Waals surface area contributed by atoms with Gasteiger partial charge in [-0.2, -0.15) is 0 Å². The van der Waals surface area contributed by atoms with Gasteiger partial charge in [-0.05, 0) is 5.56 Å². The molecular weight excluding hydrogens is 268 g/mol. The van der Waals surface area contributed by atoms with Crippen molar-refractivity contribution in [2.45, 2.75) is 12.6 Å². The van der Waals surface area contributed by atoms with Gasteiger partial charge in [-0.1, -0.05) is 35.5 Å². The van der Waals surface area contributed by atoms with E-state index in [1.807, 2.05) is 41.1 Å². The number of hydrogen-bond acceptors (Lipinski definition) is 4. The molecule has 2 aromatic heterocycles. The van der Waals surface area contributed by atoms with Crippen LogP contribution in [0.2, 0.25) is 0 Å². The lowest BCUT2D eigenvalue weighted by Gasteiger charge is -2.19. The molecule has 0 fully saturated rings. The van der Waals surface area contributed by atoms with E-state index in [9.17, 15) is 4.79 Å². The molecule has 1 atom stereocenters. The molecule has 1 amide bonds. The van der Waals surface area contributed by atoms with Crippen molar-refractivity contribution in [2.24, 2.45) is 0 Å². The Hall–Kier alpha value is -2.89. The lowest BCUT2D eigenvalue weighted by molar-refractivity contribution is 0.0895. The molecule has 21 heavy (non-hydrogen) atoms. The summed E-state index contributed by atoms with van der Waals surface area (Å²) in [6, 6.07) is 11.1. The summed E-state index contributed by atoms with van der Waals surface area (Å²) in [5, 5.41) is 6.50. The van der Waals surface area contributed by atoms with E-state index >= 15 is 0 Å². The number of aromatic nitrogens is 3. The minimum Gasteiger partial charge on any atom is -0.351 e. The number of hydrogen-bond donors (Lipinski definition) is 1. The lowest BCUT2D eigenvalue weighted by atomic mass is 10.1. The number of amides is 1. The van der Waals surface area contributed by atoms with E-state index in [1.54, 1.807) is 12.5 Å². The number of nitrogens with zero attached hydrogens (tertiary/aromatic N) is 3. The van der Waals surface area contributed by atoms with Gasteiger partial charge in [0.05, 0.1) is 18.6 Å². The van der Waals surface area contributed by atoms with E-state index in [2.05, 4.69) is 15.5 Å². The highest BCUT2D eigenvalue weighted by Gasteiger charge is 2.18. The maximum Gasteiger partial charge on any atom is 0.290 e. The summed E-state index contributed by atoms with van der Waals surface area (Å²) in [5.74, 6) is -0.0944. The first-order valence-corrected chi connectivity index (χ1v) is 6.55. The summed E-state index contributed by atoms with van der Waals surface area (Å²) in [6.45, 7) is 0.587. The Labute approximate surface area is 121 Å². The number of carbonyl (C=O) groups is 1. The van der Waals surface area contributed by atoms with E-state index in [0.717, 1.165) is 5.56 Å². The average molecular weight is 282 g/mol. The Bertz CT molecular complexity index is 678. The zero-order valence-electron chi connectivity index (χ0n) is 11.2. The first kappa shape index (κ1) is 13.1. The van der Waals surface area contributed by atoms with Crippen LogP contribution in [0.1, 0.15) is 22.2 Å². The van der Waals surface area contributed by atoms with Crippen molar-refractivity contribution < 1.29 is 9.32 Å². The number of nitrogens with one attached hydrogen (secondary N) is 1. The molecule has 3 aromatic rings. The van der Waals surface area contributed by atoms with Gasteiger partial charge < -0.3 is 14.4 Å². The van der Waals surface area contributed by atoms with Crippen LogP contribution >= 0.6 is 0 Å². The summed E-state index contributed by atoms with van der Waals surface area (Å²) in [7, 11) is 0. The Morgan fingerprint density at radius 3 is 2.76 bits per heavy atom. The second-order valence-electron chi connectivity index (χ2n) is 4.57. The van der Waals surface area contributed by atoms with Gasteiger partial charge in [-0.25, -0.2) is 4.98 Å². The Kier molecular flexibility index (Phi) is 3.77. The first-order chi connectivity index (χ1) is 10.3. The molecule has 0 aliphatic carbocycles. The van der Waals surface area contributed by atoms with Crippen LogP contribution in [0, 0.1) is 0 Å². The van der Waals surface area contributed by atoms with E-state index in [1.165, 1.54) is 12.3 Å². The fourth-order valence-electron chi connectivity index (χ4n) is 2.09. The molecule has 0 aliphatic heterocycles. The third-order valence-electron chi connectivity index (χ3n) is 3.12. The molecule has 106 valence electrons. The highest BCUT2D eigenvalue weighted by molar-refractivity contribution is 5.91. The minimum absolute atomic E-state index is 0.182. The Morgan fingerprint density at radius 2 is 2.10 bits per heavy atom. The normalized spacial score (nSPS) is 12.0. The molecule has 0 spiro atoms. The van der Waals surface area contributed by atoms with E-state index in [-0.39, 0.29) is 17.7 Å². The molecule has 0 saturated carbocycles. The molecule has 0 saturated heterocycles. The number of imidazole rings is 1. The molecule has 3 rings (SSSR count). The zero-order valence-corrected chi connectivity index (χ0v) is 11.2. The summed E-state index contributed by atoms with van der Waals surface area (Å²) in [6.07, 6.45) is 6.73. The smallest absolute Gasteiger partial charge is 0.290 e. The topological polar surface area (TPSA) is 73.0 Å². The van der Waals surface area contributed by atoms with E-state index in [4.69, 9.17) is 4.52 Å². The molecule has 0 bridgehead atoms. The molecule has 0 aliphatic rings. The van der Waals surface area contributed by atoms with E-state index in [0.29, 0.717) is 6.54 Å². The van der Waals surface area contributed by atoms with Gasteiger partial charge >= 0.3 is 0 Å². The fraction of sp³-hybridized carbons (Fsp3) is 0.133. The molecule has 6 heteroatoms. The van der Waals surface area contributed by atoms with Crippen LogP contribution < -0.4 is 5.32 Å². The summed E-state index contributed by atoms with van der Waals surface area (Å²) in [4.78, 5) is 16.2. The quantitative estimate of drug-likeness (QED) is 0.777. The van der Waals surface area contributed by atoms with Crippen molar-refractivity contribution in [2.75, 3.05) is 0 Å². The van der Waals surface area contributed by atoms with Crippen LogP contribution in [0.3, 0.4) is 0 Å². The number of carbonyl (C=O) groups excluding carboxylic acids is 1. The van der Waals surface area contributed by atoms with Gasteiger partial charge in [-0.3, -0.25) is 4.79 Å². The van der Waals surface area contributed by atoms with Crippen molar-refractivity contribution in [3.8, 4) is 0 Å². The van der Waals surface area contributed by atoms with Crippen LogP contribution in [-0.2, 0) is 6.54 Å². The maximum absolute atomic E-state index is 12.1. The molecule has 6 nitrogen and oxygen atoms in total. The third kappa shape index (κ3) is 3.17. The Morgan fingerprint density at radius 1 is 1.24 bits per heavy atom. The fourth-order valence-corrected chi connectivity index (χ4v) is 2.09. The minimum atomic E-state index is -0.290. The van der Waals surface area contributed by atoms with Crippen LogP contribution in [0.4, 0.5) is 0 Å². The highest BCUT2D eigenvalue weighted by Crippen LogP contribution is 2.16. The van der Waals surface area contributed by atoms with Crippen LogP contribution in [-0.4, -0.2) is 20.6 Å². The van der Waals surface area contributed by atoms with Crippen LogP contribution in [0.25, 0.3) is 0 Å². The maximum atomic E-state index is 12.1. The molecule has 1 aromatic carbocycles. The van der Waals surface area contributed by atoms with Crippen molar-refractivity contribution in [3.05, 3.63) is 72.6 Å². The largest absolute Gasteiger partial charge is 0.351 e. The SMILES string of the molecule is O=C(N[C@@H](Cn1ccnc1)c1ccccc1)c1ccno1. The van der Waals surface area contributed by atoms with E-state index < -0.39 is 0 Å². The highest BCUT2D eigenvalue weighted by atomic mass is 16.5. The molecule has 2 heterocycles. The molecular formula is C15H14N4O2. The van der Waals surface area contributed by atoms with Gasteiger partial charge in [0.15, 0.2) is 0 Å². The third-order valence-corrected chi connectivity index (χ3v) is 3.12. The monoisotopic (exact) mass is 282 g/mol. The molecule has 1 N–H and O–H groups in total. The number of rotatable bonds is 5. The molecule has 0 unspecified atom stereocenters. The Balaban J connectivity index is 1.80. The summed E-state index contributed by atoms with van der Waals surface area (Å²) in [5.41, 5.74) is 1.01. The summed E-state index contributed by atoms with van der Waals surface area (Å²) < 4.78 is 6.80. The van der Waals surface area contributed by atoms with Crippen molar-refractivity contribution >= 4 is 5.91 Å². The second-order valence-corrected chi connectivity index (χ2v) is 4.57. The van der Waals surface area contributed by atoms with Gasteiger partial charge in [0.1, 0.15) is 0 Å². The standard InChI is InChI=1S/C15H14N4O2/c20-15(14-6-7-17-21-14)18-13(10-19-9-8-16-11-19)12-4-2-1-3-5-12/h1-9,11,13H,10H2,(H,18,20)/t13-/m0/s1. The van der Waals surface area contributed by atoms with Crippen LogP contribution in [0.15, 0.2) is 65.8 Å². The van der Waals surface area contributed by atoms with Crippen molar-refractivity contribution in [3.63, 3.8) is 0 Å². The second kappa shape index (κ2) is 6.04. The van der Waals surface area contributed by atoms with Crippen molar-refractivity contribution in [1.82, 2.24) is 20.0 Å². The average Bonchev–Trinajstić information content (AvgIpc) is 3.21. The number of benzene rings is 1. The van der Waals surface area contributed by atoms with Crippen LogP contribution in [0.5, 0.6) is 0 Å². The van der Waals surface area contributed by atoms with Gasteiger partial charge in [-0.15, -0.1) is 0 Å². The van der Waals surface area contributed by atoms with Gasteiger partial charge in [0, 0.05) is 25.0 Å². The predicted octanol–water partition coefficient (Wildman–Crippen LogP) is 2.04. The van der Waals surface area contributed by atoms with Crippen molar-refractivity contribution in [1.29, 1.82) is 0 Å². The van der Waals surface area contributed by atoms with Gasteiger partial charge in [0.2, 0.25) is 5.76 Å². The summed E-state index contributed by atoms with van der Waals surface area (Å²) >= 11 is 0. The molecule has 0 radical (unpaired) electrons.